The first kappa shape index (κ1) is 12.1. The number of benzene rings is 1. The summed E-state index contributed by atoms with van der Waals surface area (Å²) < 4.78 is 19.9. The van der Waals surface area contributed by atoms with Gasteiger partial charge in [0, 0.05) is 13.1 Å². The highest BCUT2D eigenvalue weighted by molar-refractivity contribution is 5.96. The molecule has 0 aliphatic carbocycles. The number of rotatable bonds is 3. The fourth-order valence-electron chi connectivity index (χ4n) is 1.56. The summed E-state index contributed by atoms with van der Waals surface area (Å²) in [7, 11) is 2.96. The van der Waals surface area contributed by atoms with E-state index < -0.39 is 11.8 Å². The number of methoxy groups -OCH3 is 1. The Labute approximate surface area is 103 Å². The van der Waals surface area contributed by atoms with Crippen LogP contribution < -0.4 is 5.32 Å². The topological polar surface area (TPSA) is 56.1 Å². The minimum atomic E-state index is -0.598. The second kappa shape index (κ2) is 4.87. The van der Waals surface area contributed by atoms with E-state index in [1.165, 1.54) is 30.0 Å². The molecule has 0 amide bonds. The van der Waals surface area contributed by atoms with Gasteiger partial charge >= 0.3 is 5.97 Å². The number of halogens is 1. The minimum absolute atomic E-state index is 0.0768. The summed E-state index contributed by atoms with van der Waals surface area (Å²) in [6.45, 7) is 0. The van der Waals surface area contributed by atoms with Crippen LogP contribution >= 0.6 is 0 Å². The first-order chi connectivity index (χ1) is 8.63. The average molecular weight is 249 g/mol. The third-order valence-corrected chi connectivity index (χ3v) is 2.49. The molecule has 1 N–H and O–H groups in total. The Kier molecular flexibility index (Phi) is 3.27. The predicted octanol–water partition coefficient (Wildman–Crippen LogP) is 2.09. The van der Waals surface area contributed by atoms with Gasteiger partial charge < -0.3 is 10.1 Å². The molecule has 2 rings (SSSR count). The van der Waals surface area contributed by atoms with Crippen LogP contribution in [0.1, 0.15) is 10.4 Å². The number of carbonyl (C=O) groups excluding carboxylic acids is 1. The quantitative estimate of drug-likeness (QED) is 0.846. The van der Waals surface area contributed by atoms with E-state index in [4.69, 9.17) is 0 Å². The minimum Gasteiger partial charge on any atom is -0.465 e. The first-order valence-electron chi connectivity index (χ1n) is 5.25. The van der Waals surface area contributed by atoms with Gasteiger partial charge in [-0.15, -0.1) is 0 Å². The number of aryl methyl sites for hydroxylation is 1. The third kappa shape index (κ3) is 2.17. The van der Waals surface area contributed by atoms with Crippen molar-refractivity contribution in [1.82, 2.24) is 9.78 Å². The standard InChI is InChI=1S/C12H12FN3O2/c1-16-10(6-7-14-16)15-11-8(12(17)18-2)4-3-5-9(11)13/h3-7,15H,1-2H3. The molecule has 0 spiro atoms. The summed E-state index contributed by atoms with van der Waals surface area (Å²) >= 11 is 0. The van der Waals surface area contributed by atoms with Crippen LogP contribution in [0.3, 0.4) is 0 Å². The summed E-state index contributed by atoms with van der Waals surface area (Å²) in [6.07, 6.45) is 1.57. The van der Waals surface area contributed by atoms with E-state index in [9.17, 15) is 9.18 Å². The van der Waals surface area contributed by atoms with Gasteiger partial charge in [0.05, 0.1) is 24.6 Å². The number of hydrogen-bond donors (Lipinski definition) is 1. The largest absolute Gasteiger partial charge is 0.465 e. The highest BCUT2D eigenvalue weighted by atomic mass is 19.1. The highest BCUT2D eigenvalue weighted by Crippen LogP contribution is 2.24. The van der Waals surface area contributed by atoms with Crippen molar-refractivity contribution >= 4 is 17.5 Å². The van der Waals surface area contributed by atoms with Crippen molar-refractivity contribution in [3.05, 3.63) is 41.8 Å². The second-order valence-electron chi connectivity index (χ2n) is 3.62. The molecule has 0 atom stereocenters. The van der Waals surface area contributed by atoms with E-state index in [2.05, 4.69) is 15.2 Å². The lowest BCUT2D eigenvalue weighted by Crippen LogP contribution is -2.09. The fourth-order valence-corrected chi connectivity index (χ4v) is 1.56. The van der Waals surface area contributed by atoms with E-state index >= 15 is 0 Å². The average Bonchev–Trinajstić information content (AvgIpc) is 2.76. The van der Waals surface area contributed by atoms with Crippen LogP contribution in [-0.2, 0) is 11.8 Å². The molecule has 2 aromatic rings. The molecule has 0 radical (unpaired) electrons. The zero-order valence-electron chi connectivity index (χ0n) is 9.98. The lowest BCUT2D eigenvalue weighted by Gasteiger charge is -2.11. The molecule has 0 fully saturated rings. The molecule has 0 bridgehead atoms. The van der Waals surface area contributed by atoms with E-state index in [0.29, 0.717) is 5.82 Å². The zero-order valence-corrected chi connectivity index (χ0v) is 9.98. The van der Waals surface area contributed by atoms with Gasteiger partial charge in [0.2, 0.25) is 0 Å². The Bertz CT molecular complexity index is 580. The summed E-state index contributed by atoms with van der Waals surface area (Å²) in [6, 6.07) is 5.89. The first-order valence-corrected chi connectivity index (χ1v) is 5.25. The molecule has 6 heteroatoms. The fraction of sp³-hybridized carbons (Fsp3) is 0.167. The summed E-state index contributed by atoms with van der Waals surface area (Å²) in [5.41, 5.74) is 0.214. The molecule has 0 unspecified atom stereocenters. The molecule has 0 aliphatic rings. The Hall–Kier alpha value is -2.37. The molecule has 94 valence electrons. The molecule has 1 aromatic carbocycles. The normalized spacial score (nSPS) is 10.2. The van der Waals surface area contributed by atoms with E-state index in [1.54, 1.807) is 19.3 Å². The highest BCUT2D eigenvalue weighted by Gasteiger charge is 2.16. The monoisotopic (exact) mass is 249 g/mol. The maximum Gasteiger partial charge on any atom is 0.340 e. The van der Waals surface area contributed by atoms with Crippen LogP contribution in [0.15, 0.2) is 30.5 Å². The van der Waals surface area contributed by atoms with Crippen molar-refractivity contribution in [3.63, 3.8) is 0 Å². The maximum absolute atomic E-state index is 13.8. The van der Waals surface area contributed by atoms with Crippen LogP contribution in [0.25, 0.3) is 0 Å². The SMILES string of the molecule is COC(=O)c1cccc(F)c1Nc1ccnn1C. The van der Waals surface area contributed by atoms with E-state index in [1.807, 2.05) is 0 Å². The molecule has 18 heavy (non-hydrogen) atoms. The van der Waals surface area contributed by atoms with Gasteiger partial charge in [-0.05, 0) is 12.1 Å². The number of anilines is 2. The van der Waals surface area contributed by atoms with Gasteiger partial charge in [-0.1, -0.05) is 6.07 Å². The van der Waals surface area contributed by atoms with Gasteiger partial charge in [-0.25, -0.2) is 9.18 Å². The zero-order chi connectivity index (χ0) is 13.1. The van der Waals surface area contributed by atoms with Crippen molar-refractivity contribution in [2.45, 2.75) is 0 Å². The number of carbonyl (C=O) groups is 1. The maximum atomic E-state index is 13.8. The summed E-state index contributed by atoms with van der Waals surface area (Å²) in [4.78, 5) is 11.5. The van der Waals surface area contributed by atoms with Crippen molar-refractivity contribution in [3.8, 4) is 0 Å². The Balaban J connectivity index is 2.43. The number of ether oxygens (including phenoxy) is 1. The molecule has 0 saturated heterocycles. The van der Waals surface area contributed by atoms with E-state index in [-0.39, 0.29) is 11.3 Å². The molecule has 1 aromatic heterocycles. The lowest BCUT2D eigenvalue weighted by atomic mass is 10.1. The van der Waals surface area contributed by atoms with Gasteiger partial charge in [-0.3, -0.25) is 4.68 Å². The van der Waals surface area contributed by atoms with Crippen LogP contribution in [0.4, 0.5) is 15.9 Å². The molecule has 1 heterocycles. The van der Waals surface area contributed by atoms with Crippen molar-refractivity contribution < 1.29 is 13.9 Å². The second-order valence-corrected chi connectivity index (χ2v) is 3.62. The van der Waals surface area contributed by atoms with Gasteiger partial charge in [0.15, 0.2) is 0 Å². The molecule has 5 nitrogen and oxygen atoms in total. The molecular formula is C12H12FN3O2. The van der Waals surface area contributed by atoms with E-state index in [0.717, 1.165) is 0 Å². The predicted molar refractivity (Wildman–Crippen MR) is 64.2 cm³/mol. The van der Waals surface area contributed by atoms with Crippen molar-refractivity contribution in [2.75, 3.05) is 12.4 Å². The van der Waals surface area contributed by atoms with Crippen molar-refractivity contribution in [2.24, 2.45) is 7.05 Å². The van der Waals surface area contributed by atoms with Gasteiger partial charge in [0.25, 0.3) is 0 Å². The van der Waals surface area contributed by atoms with Gasteiger partial charge in [0.1, 0.15) is 11.6 Å². The number of nitrogens with zero attached hydrogens (tertiary/aromatic N) is 2. The molecule has 0 aliphatic heterocycles. The molecular weight excluding hydrogens is 237 g/mol. The van der Waals surface area contributed by atoms with Crippen LogP contribution in [0.5, 0.6) is 0 Å². The summed E-state index contributed by atoms with van der Waals surface area (Å²) in [5.74, 6) is -0.552. The number of aromatic nitrogens is 2. The summed E-state index contributed by atoms with van der Waals surface area (Å²) in [5, 5.41) is 6.78. The van der Waals surface area contributed by atoms with Gasteiger partial charge in [-0.2, -0.15) is 5.10 Å². The lowest BCUT2D eigenvalue weighted by molar-refractivity contribution is 0.0601. The van der Waals surface area contributed by atoms with Crippen LogP contribution in [0, 0.1) is 5.82 Å². The number of hydrogen-bond acceptors (Lipinski definition) is 4. The number of nitrogens with one attached hydrogen (secondary N) is 1. The van der Waals surface area contributed by atoms with Crippen LogP contribution in [0.2, 0.25) is 0 Å². The van der Waals surface area contributed by atoms with Crippen molar-refractivity contribution in [1.29, 1.82) is 0 Å². The van der Waals surface area contributed by atoms with Crippen LogP contribution in [-0.4, -0.2) is 22.9 Å². The smallest absolute Gasteiger partial charge is 0.340 e. The number of esters is 1. The Morgan fingerprint density at radius 3 is 2.83 bits per heavy atom. The Morgan fingerprint density at radius 2 is 2.22 bits per heavy atom. The molecule has 0 saturated carbocycles. The Morgan fingerprint density at radius 1 is 1.44 bits per heavy atom. The number of para-hydroxylation sites is 1. The third-order valence-electron chi connectivity index (χ3n) is 2.49.